The summed E-state index contributed by atoms with van der Waals surface area (Å²) in [7, 11) is 0. The van der Waals surface area contributed by atoms with E-state index in [1.807, 2.05) is 40.0 Å². The number of hydrogen-bond acceptors (Lipinski definition) is 6. The number of carbonyl (C=O) groups excluding carboxylic acids is 1. The summed E-state index contributed by atoms with van der Waals surface area (Å²) < 4.78 is 13.9. The van der Waals surface area contributed by atoms with Gasteiger partial charge in [-0.1, -0.05) is 23.4 Å². The van der Waals surface area contributed by atoms with Crippen LogP contribution in [-0.2, 0) is 19.6 Å². The monoisotopic (exact) mass is 467 g/mol. The number of benzene rings is 2. The fourth-order valence-electron chi connectivity index (χ4n) is 4.79. The average Bonchev–Trinajstić information content (AvgIpc) is 3.37. The van der Waals surface area contributed by atoms with Crippen molar-refractivity contribution in [3.63, 3.8) is 0 Å². The number of aromatic nitrogens is 4. The molecular weight excluding hydrogens is 442 g/mol. The fraction of sp³-hybridized carbons (Fsp3) is 0.259. The fourth-order valence-corrected chi connectivity index (χ4v) is 4.79. The summed E-state index contributed by atoms with van der Waals surface area (Å²) in [6.07, 6.45) is 6.76. The van der Waals surface area contributed by atoms with Crippen molar-refractivity contribution >= 4 is 5.91 Å². The van der Waals surface area contributed by atoms with Crippen LogP contribution in [0.1, 0.15) is 45.2 Å². The molecule has 1 atom stereocenters. The second-order valence-corrected chi connectivity index (χ2v) is 8.78. The molecule has 35 heavy (non-hydrogen) atoms. The number of aryl methyl sites for hydroxylation is 1. The van der Waals surface area contributed by atoms with Gasteiger partial charge in [0.2, 0.25) is 0 Å². The molecule has 2 aromatic carbocycles. The van der Waals surface area contributed by atoms with E-state index in [1.165, 1.54) is 5.56 Å². The van der Waals surface area contributed by atoms with Crippen molar-refractivity contribution < 1.29 is 14.3 Å². The Morgan fingerprint density at radius 3 is 2.77 bits per heavy atom. The number of hydrogen-bond donors (Lipinski definition) is 0. The highest BCUT2D eigenvalue weighted by Crippen LogP contribution is 2.38. The van der Waals surface area contributed by atoms with E-state index in [1.54, 1.807) is 24.5 Å². The molecule has 176 valence electrons. The molecule has 0 saturated carbocycles. The van der Waals surface area contributed by atoms with Crippen LogP contribution in [0.3, 0.4) is 0 Å². The van der Waals surface area contributed by atoms with E-state index in [9.17, 15) is 4.79 Å². The lowest BCUT2D eigenvalue weighted by Gasteiger charge is -2.38. The maximum atomic E-state index is 13.6. The summed E-state index contributed by atoms with van der Waals surface area (Å²) in [6.45, 7) is 2.22. The Labute approximate surface area is 203 Å². The predicted molar refractivity (Wildman–Crippen MR) is 128 cm³/mol. The van der Waals surface area contributed by atoms with Crippen LogP contribution in [0.15, 0.2) is 73.2 Å². The maximum absolute atomic E-state index is 13.6. The first kappa shape index (κ1) is 21.3. The minimum absolute atomic E-state index is 0.0111. The lowest BCUT2D eigenvalue weighted by Crippen LogP contribution is -2.40. The van der Waals surface area contributed by atoms with Gasteiger partial charge in [-0.05, 0) is 59.5 Å². The molecule has 0 saturated heterocycles. The number of rotatable bonds is 1. The van der Waals surface area contributed by atoms with Crippen LogP contribution >= 0.6 is 0 Å². The van der Waals surface area contributed by atoms with Crippen molar-refractivity contribution in [1.29, 1.82) is 0 Å². The van der Waals surface area contributed by atoms with E-state index in [2.05, 4.69) is 33.5 Å². The van der Waals surface area contributed by atoms with E-state index in [4.69, 9.17) is 9.47 Å². The van der Waals surface area contributed by atoms with Crippen LogP contribution in [-0.4, -0.2) is 43.9 Å². The van der Waals surface area contributed by atoms with E-state index >= 15 is 0 Å². The second-order valence-electron chi connectivity index (χ2n) is 8.78. The minimum Gasteiger partial charge on any atom is -0.494 e. The Morgan fingerprint density at radius 1 is 0.971 bits per heavy atom. The Bertz CT molecular complexity index is 1350. The third-order valence-corrected chi connectivity index (χ3v) is 6.48. The molecule has 8 bridgehead atoms. The highest BCUT2D eigenvalue weighted by atomic mass is 16.5. The molecular formula is C27H25N5O3. The third-order valence-electron chi connectivity index (χ3n) is 6.48. The molecule has 1 unspecified atom stereocenters. The van der Waals surface area contributed by atoms with E-state index < -0.39 is 0 Å². The first-order chi connectivity index (χ1) is 17.2. The van der Waals surface area contributed by atoms with Gasteiger partial charge in [0.05, 0.1) is 18.8 Å². The highest BCUT2D eigenvalue weighted by Gasteiger charge is 2.33. The molecule has 1 amide bonds. The second kappa shape index (κ2) is 9.21. The van der Waals surface area contributed by atoms with Gasteiger partial charge in [-0.3, -0.25) is 14.5 Å². The Morgan fingerprint density at radius 2 is 1.86 bits per heavy atom. The Balaban J connectivity index is 1.42. The third kappa shape index (κ3) is 4.35. The molecule has 0 N–H and O–H groups in total. The smallest absolute Gasteiger partial charge is 0.254 e. The van der Waals surface area contributed by atoms with Crippen LogP contribution in [0.25, 0.3) is 0 Å². The maximum Gasteiger partial charge on any atom is 0.254 e. The average molecular weight is 468 g/mol. The summed E-state index contributed by atoms with van der Waals surface area (Å²) in [4.78, 5) is 19.6. The van der Waals surface area contributed by atoms with Crippen LogP contribution < -0.4 is 9.47 Å². The predicted octanol–water partition coefficient (Wildman–Crippen LogP) is 3.82. The molecule has 0 fully saturated rings. The van der Waals surface area contributed by atoms with Gasteiger partial charge in [0.15, 0.2) is 0 Å². The zero-order valence-corrected chi connectivity index (χ0v) is 19.2. The number of nitrogens with zero attached hydrogens (tertiary/aromatic N) is 5. The Hall–Kier alpha value is -4.20. The summed E-state index contributed by atoms with van der Waals surface area (Å²) in [5, 5.41) is 8.41. The molecule has 2 aromatic heterocycles. The first-order valence-corrected chi connectivity index (χ1v) is 11.8. The van der Waals surface area contributed by atoms with E-state index in [0.29, 0.717) is 31.9 Å². The van der Waals surface area contributed by atoms with Crippen molar-refractivity contribution in [3.8, 4) is 11.5 Å². The normalized spacial score (nSPS) is 17.3. The lowest BCUT2D eigenvalue weighted by molar-refractivity contribution is 0.0694. The zero-order valence-electron chi connectivity index (χ0n) is 19.2. The van der Waals surface area contributed by atoms with Gasteiger partial charge < -0.3 is 14.4 Å². The standard InChI is InChI=1S/C27H25N5O3/c33-27(19-7-10-28-11-8-19)32-13-9-20-15-24-5-6-25(20)26(32)21-3-1-4-23(16-21)34-14-2-12-31-17-22(18-35-24)29-30-31/h1,3-8,10-11,15-17,26H,2,9,12-14,18H2. The molecule has 7 rings (SSSR count). The quantitative estimate of drug-likeness (QED) is 0.423. The summed E-state index contributed by atoms with van der Waals surface area (Å²) in [5.41, 5.74) is 4.70. The summed E-state index contributed by atoms with van der Waals surface area (Å²) in [5.74, 6) is 1.56. The number of pyridine rings is 1. The van der Waals surface area contributed by atoms with E-state index in [0.717, 1.165) is 41.2 Å². The van der Waals surface area contributed by atoms with E-state index in [-0.39, 0.29) is 11.9 Å². The van der Waals surface area contributed by atoms with Gasteiger partial charge in [-0.25, -0.2) is 0 Å². The molecule has 4 aromatic rings. The number of amides is 1. The molecule has 8 heteroatoms. The van der Waals surface area contributed by atoms with Crippen LogP contribution in [0.5, 0.6) is 11.5 Å². The molecule has 8 nitrogen and oxygen atoms in total. The van der Waals surface area contributed by atoms with Crippen molar-refractivity contribution in [2.75, 3.05) is 13.2 Å². The highest BCUT2D eigenvalue weighted by molar-refractivity contribution is 5.94. The number of carbonyl (C=O) groups is 1. The van der Waals surface area contributed by atoms with Gasteiger partial charge >= 0.3 is 0 Å². The molecule has 0 spiro atoms. The summed E-state index contributed by atoms with van der Waals surface area (Å²) in [6, 6.07) is 17.5. The minimum atomic E-state index is -0.230. The molecule has 3 aliphatic rings. The van der Waals surface area contributed by atoms with Crippen molar-refractivity contribution in [1.82, 2.24) is 24.9 Å². The largest absolute Gasteiger partial charge is 0.494 e. The lowest BCUT2D eigenvalue weighted by atomic mass is 9.87. The topological polar surface area (TPSA) is 82.4 Å². The van der Waals surface area contributed by atoms with Gasteiger partial charge in [0.25, 0.3) is 5.91 Å². The van der Waals surface area contributed by atoms with Crippen molar-refractivity contribution in [2.24, 2.45) is 0 Å². The van der Waals surface area contributed by atoms with Crippen molar-refractivity contribution in [3.05, 3.63) is 101 Å². The molecule has 3 aliphatic heterocycles. The molecule has 0 radical (unpaired) electrons. The van der Waals surface area contributed by atoms with Crippen molar-refractivity contribution in [2.45, 2.75) is 32.0 Å². The van der Waals surface area contributed by atoms with Gasteiger partial charge in [0, 0.05) is 37.5 Å². The van der Waals surface area contributed by atoms with Gasteiger partial charge in [-0.2, -0.15) is 0 Å². The van der Waals surface area contributed by atoms with Gasteiger partial charge in [-0.15, -0.1) is 5.10 Å². The Kier molecular flexibility index (Phi) is 5.62. The van der Waals surface area contributed by atoms with Gasteiger partial charge in [0.1, 0.15) is 23.8 Å². The van der Waals surface area contributed by atoms with Crippen LogP contribution in [0, 0.1) is 0 Å². The first-order valence-electron chi connectivity index (χ1n) is 11.8. The number of fused-ring (bicyclic) bond motifs is 5. The zero-order chi connectivity index (χ0) is 23.6. The van der Waals surface area contributed by atoms with Crippen LogP contribution in [0.4, 0.5) is 0 Å². The molecule has 0 aliphatic carbocycles. The van der Waals surface area contributed by atoms with Crippen LogP contribution in [0.2, 0.25) is 0 Å². The molecule has 5 heterocycles. The SMILES string of the molecule is O=C(c1ccncc1)N1CCc2cc3ccc2C1c1cccc(c1)OCCCn1cc(nn1)CO3. The summed E-state index contributed by atoms with van der Waals surface area (Å²) >= 11 is 0. The number of ether oxygens (including phenoxy) is 2.